The second-order valence-corrected chi connectivity index (χ2v) is 3.91. The second kappa shape index (κ2) is 4.41. The molecule has 0 saturated heterocycles. The minimum atomic E-state index is -1.04. The molecular weight excluding hydrogens is 216 g/mol. The molecule has 0 fully saturated rings. The van der Waals surface area contributed by atoms with Crippen molar-refractivity contribution in [2.75, 3.05) is 0 Å². The van der Waals surface area contributed by atoms with Gasteiger partial charge in [-0.2, -0.15) is 0 Å². The molecule has 4 heteroatoms. The summed E-state index contributed by atoms with van der Waals surface area (Å²) in [5.74, 6) is -1.05. The van der Waals surface area contributed by atoms with Crippen LogP contribution in [0.15, 0.2) is 24.3 Å². The van der Waals surface area contributed by atoms with Gasteiger partial charge in [0.1, 0.15) is 0 Å². The molecule has 0 spiro atoms. The predicted octanol–water partition coefficient (Wildman–Crippen LogP) is 2.65. The van der Waals surface area contributed by atoms with Crippen LogP contribution in [0, 0.1) is 6.92 Å². The molecule has 88 valence electrons. The zero-order chi connectivity index (χ0) is 12.4. The van der Waals surface area contributed by atoms with Crippen molar-refractivity contribution in [2.24, 2.45) is 0 Å². The van der Waals surface area contributed by atoms with Crippen LogP contribution in [0.5, 0.6) is 0 Å². The molecule has 0 atom stereocenters. The van der Waals surface area contributed by atoms with E-state index in [0.29, 0.717) is 5.69 Å². The summed E-state index contributed by atoms with van der Waals surface area (Å²) in [5.41, 5.74) is 3.65. The fourth-order valence-corrected chi connectivity index (χ4v) is 1.74. The predicted molar refractivity (Wildman–Crippen MR) is 65.1 cm³/mol. The number of carboxylic acid groups (broad SMARTS) is 1. The van der Waals surface area contributed by atoms with Crippen molar-refractivity contribution in [3.05, 3.63) is 41.3 Å². The van der Waals surface area contributed by atoms with E-state index in [-0.39, 0.29) is 5.82 Å². The molecule has 0 unspecified atom stereocenters. The van der Waals surface area contributed by atoms with Gasteiger partial charge in [0.25, 0.3) is 0 Å². The van der Waals surface area contributed by atoms with Crippen LogP contribution in [0.4, 0.5) is 0 Å². The Morgan fingerprint density at radius 2 is 2.00 bits per heavy atom. The number of aryl methyl sites for hydroxylation is 2. The van der Waals surface area contributed by atoms with Crippen LogP contribution in [0.25, 0.3) is 11.3 Å². The summed E-state index contributed by atoms with van der Waals surface area (Å²) in [6.07, 6.45) is 0.986. The standard InChI is InChI=1S/C13H14N2O2/c1-3-9-4-6-10(7-5-9)11-8(2)14-12(15-11)13(16)17/h4-7H,3H2,1-2H3,(H,14,15)(H,16,17). The van der Waals surface area contributed by atoms with Crippen molar-refractivity contribution in [3.8, 4) is 11.3 Å². The van der Waals surface area contributed by atoms with E-state index >= 15 is 0 Å². The Balaban J connectivity index is 2.41. The number of hydrogen-bond acceptors (Lipinski definition) is 2. The number of carboxylic acids is 1. The summed E-state index contributed by atoms with van der Waals surface area (Å²) in [6.45, 7) is 3.92. The van der Waals surface area contributed by atoms with Gasteiger partial charge in [-0.3, -0.25) is 0 Å². The van der Waals surface area contributed by atoms with E-state index in [1.54, 1.807) is 0 Å². The van der Waals surface area contributed by atoms with E-state index in [1.165, 1.54) is 5.56 Å². The van der Waals surface area contributed by atoms with Crippen LogP contribution < -0.4 is 0 Å². The first-order chi connectivity index (χ1) is 8.11. The molecule has 0 saturated carbocycles. The molecule has 2 aromatic rings. The van der Waals surface area contributed by atoms with E-state index in [2.05, 4.69) is 16.9 Å². The fraction of sp³-hybridized carbons (Fsp3) is 0.231. The topological polar surface area (TPSA) is 66.0 Å². The minimum Gasteiger partial charge on any atom is -0.475 e. The van der Waals surface area contributed by atoms with Crippen molar-refractivity contribution in [1.29, 1.82) is 0 Å². The van der Waals surface area contributed by atoms with Gasteiger partial charge in [-0.25, -0.2) is 9.78 Å². The molecule has 1 heterocycles. The van der Waals surface area contributed by atoms with Crippen LogP contribution in [0.1, 0.15) is 28.8 Å². The molecule has 0 aliphatic heterocycles. The van der Waals surface area contributed by atoms with Gasteiger partial charge < -0.3 is 10.1 Å². The highest BCUT2D eigenvalue weighted by Gasteiger charge is 2.13. The van der Waals surface area contributed by atoms with Gasteiger partial charge in [-0.05, 0) is 18.9 Å². The zero-order valence-electron chi connectivity index (χ0n) is 9.82. The first kappa shape index (κ1) is 11.4. The SMILES string of the molecule is CCc1ccc(-c2nc(C(=O)O)[nH]c2C)cc1. The smallest absolute Gasteiger partial charge is 0.371 e. The molecule has 0 radical (unpaired) electrons. The molecule has 4 nitrogen and oxygen atoms in total. The number of benzene rings is 1. The van der Waals surface area contributed by atoms with Crippen molar-refractivity contribution >= 4 is 5.97 Å². The maximum Gasteiger partial charge on any atom is 0.371 e. The summed E-state index contributed by atoms with van der Waals surface area (Å²) < 4.78 is 0. The third kappa shape index (κ3) is 2.20. The lowest BCUT2D eigenvalue weighted by molar-refractivity contribution is 0.0684. The van der Waals surface area contributed by atoms with Crippen LogP contribution >= 0.6 is 0 Å². The lowest BCUT2D eigenvalue weighted by Crippen LogP contribution is -1.98. The average molecular weight is 230 g/mol. The molecule has 2 N–H and O–H groups in total. The van der Waals surface area contributed by atoms with Crippen LogP contribution in [-0.2, 0) is 6.42 Å². The van der Waals surface area contributed by atoms with Crippen molar-refractivity contribution < 1.29 is 9.90 Å². The number of aromatic amines is 1. The quantitative estimate of drug-likeness (QED) is 0.851. The number of aromatic nitrogens is 2. The van der Waals surface area contributed by atoms with Crippen molar-refractivity contribution in [2.45, 2.75) is 20.3 Å². The number of aromatic carboxylic acids is 1. The fourth-order valence-electron chi connectivity index (χ4n) is 1.74. The highest BCUT2D eigenvalue weighted by Crippen LogP contribution is 2.21. The van der Waals surface area contributed by atoms with E-state index in [0.717, 1.165) is 17.7 Å². The third-order valence-electron chi connectivity index (χ3n) is 2.72. The normalized spacial score (nSPS) is 10.5. The van der Waals surface area contributed by atoms with E-state index < -0.39 is 5.97 Å². The van der Waals surface area contributed by atoms with Gasteiger partial charge in [0, 0.05) is 11.3 Å². The maximum absolute atomic E-state index is 10.8. The minimum absolute atomic E-state index is 0.0166. The lowest BCUT2D eigenvalue weighted by Gasteiger charge is -2.00. The monoisotopic (exact) mass is 230 g/mol. The van der Waals surface area contributed by atoms with Crippen LogP contribution in [0.3, 0.4) is 0 Å². The lowest BCUT2D eigenvalue weighted by atomic mass is 10.1. The van der Waals surface area contributed by atoms with Crippen molar-refractivity contribution in [3.63, 3.8) is 0 Å². The number of hydrogen-bond donors (Lipinski definition) is 2. The van der Waals surface area contributed by atoms with E-state index in [4.69, 9.17) is 5.11 Å². The summed E-state index contributed by atoms with van der Waals surface area (Å²) in [6, 6.07) is 8.00. The number of rotatable bonds is 3. The van der Waals surface area contributed by atoms with Gasteiger partial charge in [-0.15, -0.1) is 0 Å². The van der Waals surface area contributed by atoms with E-state index in [1.807, 2.05) is 31.2 Å². The molecule has 0 amide bonds. The highest BCUT2D eigenvalue weighted by atomic mass is 16.4. The molecule has 0 aliphatic carbocycles. The number of nitrogens with zero attached hydrogens (tertiary/aromatic N) is 1. The molecule has 17 heavy (non-hydrogen) atoms. The highest BCUT2D eigenvalue weighted by molar-refractivity contribution is 5.84. The number of H-pyrrole nitrogens is 1. The van der Waals surface area contributed by atoms with Crippen LogP contribution in [0.2, 0.25) is 0 Å². The molecular formula is C13H14N2O2. The van der Waals surface area contributed by atoms with Crippen LogP contribution in [-0.4, -0.2) is 21.0 Å². The summed E-state index contributed by atoms with van der Waals surface area (Å²) in [4.78, 5) is 17.6. The first-order valence-corrected chi connectivity index (χ1v) is 5.51. The van der Waals surface area contributed by atoms with E-state index in [9.17, 15) is 4.79 Å². The molecule has 2 rings (SSSR count). The largest absolute Gasteiger partial charge is 0.475 e. The summed E-state index contributed by atoms with van der Waals surface area (Å²) in [5, 5.41) is 8.86. The molecule has 0 bridgehead atoms. The Morgan fingerprint density at radius 3 is 2.47 bits per heavy atom. The summed E-state index contributed by atoms with van der Waals surface area (Å²) in [7, 11) is 0. The first-order valence-electron chi connectivity index (χ1n) is 5.51. The Hall–Kier alpha value is -2.10. The molecule has 0 aliphatic rings. The summed E-state index contributed by atoms with van der Waals surface area (Å²) >= 11 is 0. The Bertz CT molecular complexity index is 541. The van der Waals surface area contributed by atoms with Gasteiger partial charge in [0.2, 0.25) is 5.82 Å². The van der Waals surface area contributed by atoms with Gasteiger partial charge in [0.05, 0.1) is 5.69 Å². The van der Waals surface area contributed by atoms with Gasteiger partial charge in [0.15, 0.2) is 0 Å². The Labute approximate surface area is 99.3 Å². The Morgan fingerprint density at radius 1 is 1.35 bits per heavy atom. The zero-order valence-corrected chi connectivity index (χ0v) is 9.82. The van der Waals surface area contributed by atoms with Gasteiger partial charge in [-0.1, -0.05) is 31.2 Å². The average Bonchev–Trinajstić information content (AvgIpc) is 2.72. The van der Waals surface area contributed by atoms with Crippen molar-refractivity contribution in [1.82, 2.24) is 9.97 Å². The maximum atomic E-state index is 10.8. The Kier molecular flexibility index (Phi) is 2.95. The molecule has 1 aromatic carbocycles. The number of nitrogens with one attached hydrogen (secondary N) is 1. The number of imidazole rings is 1. The third-order valence-corrected chi connectivity index (χ3v) is 2.72. The van der Waals surface area contributed by atoms with Gasteiger partial charge >= 0.3 is 5.97 Å². The second-order valence-electron chi connectivity index (χ2n) is 3.91. The molecule has 1 aromatic heterocycles. The number of carbonyl (C=O) groups is 1.